The molecule has 0 amide bonds. The number of nitrogens with zero attached hydrogens (tertiary/aromatic N) is 1. The Labute approximate surface area is 250 Å². The Morgan fingerprint density at radius 1 is 0.385 bits per heavy atom. The second kappa shape index (κ2) is 28.1. The van der Waals surface area contributed by atoms with Crippen molar-refractivity contribution in [2.24, 2.45) is 17.8 Å². The van der Waals surface area contributed by atoms with Crippen molar-refractivity contribution in [3.8, 4) is 0 Å². The van der Waals surface area contributed by atoms with Crippen LogP contribution in [0.4, 0.5) is 0 Å². The van der Waals surface area contributed by atoms with Gasteiger partial charge in [0.1, 0.15) is 0 Å². The molecule has 0 N–H and O–H groups in total. The number of unbranched alkanes of at least 4 members (excludes halogenated alkanes) is 16. The number of hydrogen-bond acceptors (Lipinski definition) is 0. The summed E-state index contributed by atoms with van der Waals surface area (Å²) < 4.78 is 1.25. The van der Waals surface area contributed by atoms with Crippen LogP contribution in [0.5, 0.6) is 0 Å². The standard InChI is InChI=1S/C38H80N/c1-8-11-12-13-14-15-16-17-18-19-20-21-22-23-24-27-34-39(6,7)35-38(33-32-37(5)29-10-3)31-26-25-30-36(4)28-9-2/h36-38H,8-35H2,1-7H3/q+1. The molecule has 0 aliphatic heterocycles. The molecule has 0 spiro atoms. The highest BCUT2D eigenvalue weighted by Gasteiger charge is 2.22. The van der Waals surface area contributed by atoms with Crippen LogP contribution in [0.2, 0.25) is 0 Å². The summed E-state index contributed by atoms with van der Waals surface area (Å²) in [6, 6.07) is 0. The summed E-state index contributed by atoms with van der Waals surface area (Å²) in [5, 5.41) is 0. The van der Waals surface area contributed by atoms with Crippen molar-refractivity contribution in [1.29, 1.82) is 0 Å². The summed E-state index contributed by atoms with van der Waals surface area (Å²) in [6.07, 6.45) is 37.7. The fourth-order valence-electron chi connectivity index (χ4n) is 6.93. The van der Waals surface area contributed by atoms with Crippen LogP contribution < -0.4 is 0 Å². The largest absolute Gasteiger partial charge is 0.328 e. The summed E-state index contributed by atoms with van der Waals surface area (Å²) >= 11 is 0. The van der Waals surface area contributed by atoms with Crippen LogP contribution in [0.1, 0.15) is 202 Å². The van der Waals surface area contributed by atoms with Crippen molar-refractivity contribution in [3.05, 3.63) is 0 Å². The first-order valence-corrected chi connectivity index (χ1v) is 18.7. The van der Waals surface area contributed by atoms with Gasteiger partial charge in [-0.05, 0) is 37.5 Å². The van der Waals surface area contributed by atoms with Crippen molar-refractivity contribution in [1.82, 2.24) is 0 Å². The second-order valence-corrected chi connectivity index (χ2v) is 14.7. The highest BCUT2D eigenvalue weighted by atomic mass is 15.3. The normalized spacial score (nSPS) is 14.5. The first-order valence-electron chi connectivity index (χ1n) is 18.7. The van der Waals surface area contributed by atoms with E-state index in [2.05, 4.69) is 48.7 Å². The lowest BCUT2D eigenvalue weighted by Gasteiger charge is -2.34. The van der Waals surface area contributed by atoms with Crippen LogP contribution in [0.25, 0.3) is 0 Å². The molecule has 0 fully saturated rings. The van der Waals surface area contributed by atoms with Gasteiger partial charge in [-0.15, -0.1) is 0 Å². The minimum Gasteiger partial charge on any atom is -0.328 e. The third-order valence-electron chi connectivity index (χ3n) is 9.56. The average Bonchev–Trinajstić information content (AvgIpc) is 2.89. The predicted molar refractivity (Wildman–Crippen MR) is 181 cm³/mol. The Morgan fingerprint density at radius 3 is 1.26 bits per heavy atom. The first kappa shape index (κ1) is 39.0. The lowest BCUT2D eigenvalue weighted by molar-refractivity contribution is -0.894. The van der Waals surface area contributed by atoms with Crippen molar-refractivity contribution >= 4 is 0 Å². The third-order valence-corrected chi connectivity index (χ3v) is 9.56. The van der Waals surface area contributed by atoms with Crippen molar-refractivity contribution in [3.63, 3.8) is 0 Å². The molecule has 0 saturated heterocycles. The Kier molecular flexibility index (Phi) is 28.1. The van der Waals surface area contributed by atoms with Gasteiger partial charge in [-0.25, -0.2) is 0 Å². The van der Waals surface area contributed by atoms with Gasteiger partial charge in [0, 0.05) is 5.92 Å². The topological polar surface area (TPSA) is 0 Å². The summed E-state index contributed by atoms with van der Waals surface area (Å²) in [7, 11) is 5.05. The smallest absolute Gasteiger partial charge is 0.0811 e. The Morgan fingerprint density at radius 2 is 0.795 bits per heavy atom. The predicted octanol–water partition coefficient (Wildman–Crippen LogP) is 13.2. The Balaban J connectivity index is 3.99. The summed E-state index contributed by atoms with van der Waals surface area (Å²) in [4.78, 5) is 0. The summed E-state index contributed by atoms with van der Waals surface area (Å²) in [6.45, 7) is 14.7. The average molecular weight is 551 g/mol. The zero-order valence-electron chi connectivity index (χ0n) is 29.0. The van der Waals surface area contributed by atoms with Crippen molar-refractivity contribution in [2.45, 2.75) is 202 Å². The molecule has 236 valence electrons. The molecule has 0 rings (SSSR count). The fourth-order valence-corrected chi connectivity index (χ4v) is 6.93. The van der Waals surface area contributed by atoms with Gasteiger partial charge in [0.25, 0.3) is 0 Å². The van der Waals surface area contributed by atoms with E-state index in [1.54, 1.807) is 0 Å². The van der Waals surface area contributed by atoms with E-state index in [1.165, 1.54) is 185 Å². The van der Waals surface area contributed by atoms with Gasteiger partial charge in [-0.1, -0.05) is 176 Å². The fraction of sp³-hybridized carbons (Fsp3) is 1.00. The van der Waals surface area contributed by atoms with Crippen LogP contribution in [0, 0.1) is 17.8 Å². The molecule has 0 bridgehead atoms. The van der Waals surface area contributed by atoms with Crippen LogP contribution in [-0.4, -0.2) is 31.7 Å². The molecule has 39 heavy (non-hydrogen) atoms. The zero-order valence-corrected chi connectivity index (χ0v) is 29.0. The van der Waals surface area contributed by atoms with E-state index in [9.17, 15) is 0 Å². The van der Waals surface area contributed by atoms with Gasteiger partial charge in [0.15, 0.2) is 0 Å². The van der Waals surface area contributed by atoms with E-state index in [4.69, 9.17) is 0 Å². The molecule has 0 heterocycles. The van der Waals surface area contributed by atoms with E-state index >= 15 is 0 Å². The lowest BCUT2D eigenvalue weighted by Crippen LogP contribution is -2.44. The van der Waals surface area contributed by atoms with Gasteiger partial charge in [-0.2, -0.15) is 0 Å². The molecule has 0 aliphatic carbocycles. The SMILES string of the molecule is CCCCCCCCCCCCCCCCCC[N+](C)(C)CC(CCCCC(C)CCC)CCC(C)CCC. The molecule has 0 aliphatic rings. The molecular weight excluding hydrogens is 470 g/mol. The Hall–Kier alpha value is -0.0400. The number of quaternary nitrogens is 1. The van der Waals surface area contributed by atoms with E-state index in [0.29, 0.717) is 0 Å². The van der Waals surface area contributed by atoms with E-state index in [0.717, 1.165) is 17.8 Å². The van der Waals surface area contributed by atoms with Crippen LogP contribution >= 0.6 is 0 Å². The van der Waals surface area contributed by atoms with Crippen molar-refractivity contribution in [2.75, 3.05) is 27.2 Å². The quantitative estimate of drug-likeness (QED) is 0.0594. The molecule has 0 radical (unpaired) electrons. The minimum atomic E-state index is 0.915. The molecule has 3 atom stereocenters. The van der Waals surface area contributed by atoms with Crippen molar-refractivity contribution < 1.29 is 4.48 Å². The first-order chi connectivity index (χ1) is 18.8. The molecule has 0 aromatic heterocycles. The molecule has 0 saturated carbocycles. The monoisotopic (exact) mass is 551 g/mol. The zero-order chi connectivity index (χ0) is 29.0. The Bertz CT molecular complexity index is 469. The molecular formula is C38H80N+. The molecule has 1 heteroatoms. The number of rotatable bonds is 31. The third kappa shape index (κ3) is 27.9. The highest BCUT2D eigenvalue weighted by Crippen LogP contribution is 2.25. The van der Waals surface area contributed by atoms with E-state index in [-0.39, 0.29) is 0 Å². The second-order valence-electron chi connectivity index (χ2n) is 14.7. The maximum Gasteiger partial charge on any atom is 0.0811 e. The number of hydrogen-bond donors (Lipinski definition) is 0. The van der Waals surface area contributed by atoms with E-state index < -0.39 is 0 Å². The lowest BCUT2D eigenvalue weighted by atomic mass is 9.89. The molecule has 3 unspecified atom stereocenters. The molecule has 1 nitrogen and oxygen atoms in total. The van der Waals surface area contributed by atoms with Gasteiger partial charge >= 0.3 is 0 Å². The van der Waals surface area contributed by atoms with Crippen LogP contribution in [0.3, 0.4) is 0 Å². The summed E-state index contributed by atoms with van der Waals surface area (Å²) in [5.74, 6) is 2.78. The van der Waals surface area contributed by atoms with Gasteiger partial charge < -0.3 is 4.48 Å². The van der Waals surface area contributed by atoms with E-state index in [1.807, 2.05) is 0 Å². The van der Waals surface area contributed by atoms with Crippen LogP contribution in [-0.2, 0) is 0 Å². The van der Waals surface area contributed by atoms with Gasteiger partial charge in [-0.3, -0.25) is 0 Å². The maximum atomic E-state index is 2.52. The maximum absolute atomic E-state index is 2.52. The highest BCUT2D eigenvalue weighted by molar-refractivity contribution is 4.64. The van der Waals surface area contributed by atoms with Gasteiger partial charge in [0.05, 0.1) is 27.2 Å². The van der Waals surface area contributed by atoms with Crippen LogP contribution in [0.15, 0.2) is 0 Å². The molecule has 0 aromatic rings. The summed E-state index contributed by atoms with van der Waals surface area (Å²) in [5.41, 5.74) is 0. The minimum absolute atomic E-state index is 0.915. The molecule has 0 aromatic carbocycles. The van der Waals surface area contributed by atoms with Gasteiger partial charge in [0.2, 0.25) is 0 Å².